The maximum Gasteiger partial charge on any atom is 0.123 e. The van der Waals surface area contributed by atoms with E-state index in [1.165, 1.54) is 12.1 Å². The molecule has 0 spiro atoms. The molecule has 1 N–H and O–H groups in total. The van der Waals surface area contributed by atoms with Gasteiger partial charge in [-0.2, -0.15) is 0 Å². The molecule has 0 radical (unpaired) electrons. The van der Waals surface area contributed by atoms with E-state index in [1.807, 2.05) is 41.1 Å². The van der Waals surface area contributed by atoms with Gasteiger partial charge in [0.1, 0.15) is 11.6 Å². The van der Waals surface area contributed by atoms with Crippen LogP contribution < -0.4 is 10.1 Å². The number of halogens is 1. The highest BCUT2D eigenvalue weighted by atomic mass is 19.1. The first-order valence-corrected chi connectivity index (χ1v) is 8.59. The normalized spacial score (nSPS) is 10.9. The first kappa shape index (κ1) is 17.2. The fourth-order valence-corrected chi connectivity index (χ4v) is 2.78. The lowest BCUT2D eigenvalue weighted by Gasteiger charge is -2.08. The summed E-state index contributed by atoms with van der Waals surface area (Å²) in [6.07, 6.45) is 5.95. The number of aromatic nitrogens is 1. The molecule has 0 bridgehead atoms. The summed E-state index contributed by atoms with van der Waals surface area (Å²) in [5.41, 5.74) is 2.02. The Morgan fingerprint density at radius 3 is 2.72 bits per heavy atom. The smallest absolute Gasteiger partial charge is 0.123 e. The molecule has 0 saturated carbocycles. The zero-order valence-electron chi connectivity index (χ0n) is 14.2. The molecule has 25 heavy (non-hydrogen) atoms. The van der Waals surface area contributed by atoms with Crippen molar-refractivity contribution in [3.8, 4) is 11.4 Å². The molecule has 0 saturated heterocycles. The summed E-state index contributed by atoms with van der Waals surface area (Å²) in [5, 5.41) is 4.39. The van der Waals surface area contributed by atoms with E-state index in [1.54, 1.807) is 12.1 Å². The second-order valence-corrected chi connectivity index (χ2v) is 5.93. The molecule has 130 valence electrons. The molecule has 0 unspecified atom stereocenters. The van der Waals surface area contributed by atoms with Gasteiger partial charge in [0, 0.05) is 23.8 Å². The monoisotopic (exact) mass is 338 g/mol. The van der Waals surface area contributed by atoms with Crippen molar-refractivity contribution in [2.75, 3.05) is 19.7 Å². The molecular weight excluding hydrogens is 315 g/mol. The van der Waals surface area contributed by atoms with Crippen LogP contribution in [0.1, 0.15) is 12.8 Å². The lowest BCUT2D eigenvalue weighted by molar-refractivity contribution is 0.306. The van der Waals surface area contributed by atoms with E-state index in [-0.39, 0.29) is 5.82 Å². The Morgan fingerprint density at radius 2 is 1.92 bits per heavy atom. The molecule has 3 aromatic rings. The van der Waals surface area contributed by atoms with E-state index in [2.05, 4.69) is 11.9 Å². The van der Waals surface area contributed by atoms with E-state index in [0.29, 0.717) is 6.61 Å². The van der Waals surface area contributed by atoms with Crippen LogP contribution in [0.2, 0.25) is 0 Å². The van der Waals surface area contributed by atoms with E-state index in [4.69, 9.17) is 4.74 Å². The van der Waals surface area contributed by atoms with E-state index < -0.39 is 0 Å². The number of hydrogen-bond donors (Lipinski definition) is 1. The van der Waals surface area contributed by atoms with Gasteiger partial charge in [-0.3, -0.25) is 0 Å². The lowest BCUT2D eigenvalue weighted by atomic mass is 10.2. The second-order valence-electron chi connectivity index (χ2n) is 5.93. The summed E-state index contributed by atoms with van der Waals surface area (Å²) in [5.74, 6) is 0.652. The first-order valence-electron chi connectivity index (χ1n) is 8.59. The van der Waals surface area contributed by atoms with Crippen molar-refractivity contribution in [3.05, 3.63) is 73.2 Å². The van der Waals surface area contributed by atoms with Crippen LogP contribution in [-0.2, 0) is 0 Å². The van der Waals surface area contributed by atoms with Crippen LogP contribution in [0.4, 0.5) is 4.39 Å². The summed E-state index contributed by atoms with van der Waals surface area (Å²) < 4.78 is 21.0. The molecule has 2 aromatic carbocycles. The molecule has 3 rings (SSSR count). The van der Waals surface area contributed by atoms with Crippen molar-refractivity contribution in [2.24, 2.45) is 0 Å². The number of rotatable bonds is 9. The van der Waals surface area contributed by atoms with Crippen molar-refractivity contribution in [1.29, 1.82) is 0 Å². The number of fused-ring (bicyclic) bond motifs is 1. The van der Waals surface area contributed by atoms with Crippen molar-refractivity contribution < 1.29 is 9.13 Å². The molecule has 0 aliphatic heterocycles. The Morgan fingerprint density at radius 1 is 1.08 bits per heavy atom. The quantitative estimate of drug-likeness (QED) is 0.452. The minimum atomic E-state index is -0.226. The minimum absolute atomic E-state index is 0.226. The second kappa shape index (κ2) is 8.49. The van der Waals surface area contributed by atoms with Crippen molar-refractivity contribution in [3.63, 3.8) is 0 Å². The molecule has 1 aromatic heterocycles. The largest absolute Gasteiger partial charge is 0.494 e. The standard InChI is InChI=1S/C21H23FN2O/c1-2-12-23-13-3-4-15-25-20-9-10-21-17(16-20)11-14-24(21)19-7-5-18(22)6-8-19/h2,5-11,14,16,23H,1,3-4,12-13,15H2. The predicted octanol–water partition coefficient (Wildman–Crippen LogP) is 4.70. The highest BCUT2D eigenvalue weighted by Gasteiger charge is 2.05. The van der Waals surface area contributed by atoms with Crippen LogP contribution >= 0.6 is 0 Å². The van der Waals surface area contributed by atoms with Crippen LogP contribution in [0.5, 0.6) is 5.75 Å². The molecule has 1 heterocycles. The van der Waals surface area contributed by atoms with Crippen LogP contribution in [-0.4, -0.2) is 24.3 Å². The Kier molecular flexibility index (Phi) is 5.86. The Bertz CT molecular complexity index is 824. The van der Waals surface area contributed by atoms with Gasteiger partial charge in [0.2, 0.25) is 0 Å². The lowest BCUT2D eigenvalue weighted by Crippen LogP contribution is -2.15. The number of hydrogen-bond acceptors (Lipinski definition) is 2. The zero-order valence-corrected chi connectivity index (χ0v) is 14.2. The van der Waals surface area contributed by atoms with E-state index in [9.17, 15) is 4.39 Å². The highest BCUT2D eigenvalue weighted by Crippen LogP contribution is 2.25. The number of nitrogens with one attached hydrogen (secondary N) is 1. The highest BCUT2D eigenvalue weighted by molar-refractivity contribution is 5.83. The van der Waals surface area contributed by atoms with Gasteiger partial charge in [-0.05, 0) is 67.9 Å². The Balaban J connectivity index is 1.60. The topological polar surface area (TPSA) is 26.2 Å². The summed E-state index contributed by atoms with van der Waals surface area (Å²) >= 11 is 0. The SMILES string of the molecule is C=CCNCCCCOc1ccc2c(ccn2-c2ccc(F)cc2)c1. The van der Waals surface area contributed by atoms with Crippen LogP contribution in [0.15, 0.2) is 67.4 Å². The van der Waals surface area contributed by atoms with Gasteiger partial charge >= 0.3 is 0 Å². The molecule has 0 amide bonds. The third-order valence-electron chi connectivity index (χ3n) is 4.07. The van der Waals surface area contributed by atoms with Crippen molar-refractivity contribution >= 4 is 10.9 Å². The molecular formula is C21H23FN2O. The van der Waals surface area contributed by atoms with Crippen LogP contribution in [0, 0.1) is 5.82 Å². The Labute approximate surface area is 147 Å². The number of ether oxygens (including phenoxy) is 1. The van der Waals surface area contributed by atoms with Gasteiger partial charge in [-0.25, -0.2) is 4.39 Å². The number of nitrogens with zero attached hydrogens (tertiary/aromatic N) is 1. The minimum Gasteiger partial charge on any atom is -0.494 e. The van der Waals surface area contributed by atoms with Crippen molar-refractivity contribution in [2.45, 2.75) is 12.8 Å². The van der Waals surface area contributed by atoms with Gasteiger partial charge < -0.3 is 14.6 Å². The van der Waals surface area contributed by atoms with E-state index in [0.717, 1.165) is 48.3 Å². The number of unbranched alkanes of at least 4 members (excludes halogenated alkanes) is 1. The van der Waals surface area contributed by atoms with Crippen molar-refractivity contribution in [1.82, 2.24) is 9.88 Å². The third-order valence-corrected chi connectivity index (χ3v) is 4.07. The molecule has 0 atom stereocenters. The summed E-state index contributed by atoms with van der Waals surface area (Å²) in [4.78, 5) is 0. The first-order chi connectivity index (χ1) is 12.3. The van der Waals surface area contributed by atoms with Gasteiger partial charge in [-0.1, -0.05) is 6.08 Å². The molecule has 0 aliphatic carbocycles. The summed E-state index contributed by atoms with van der Waals surface area (Å²) in [6, 6.07) is 14.6. The van der Waals surface area contributed by atoms with Gasteiger partial charge in [0.05, 0.1) is 12.1 Å². The van der Waals surface area contributed by atoms with Crippen LogP contribution in [0.25, 0.3) is 16.6 Å². The fourth-order valence-electron chi connectivity index (χ4n) is 2.78. The van der Waals surface area contributed by atoms with Crippen LogP contribution in [0.3, 0.4) is 0 Å². The van der Waals surface area contributed by atoms with Gasteiger partial charge in [0.15, 0.2) is 0 Å². The summed E-state index contributed by atoms with van der Waals surface area (Å²) in [6.45, 7) is 6.22. The fraction of sp³-hybridized carbons (Fsp3) is 0.238. The predicted molar refractivity (Wildman–Crippen MR) is 101 cm³/mol. The number of benzene rings is 2. The Hall–Kier alpha value is -2.59. The molecule has 0 fully saturated rings. The summed E-state index contributed by atoms with van der Waals surface area (Å²) in [7, 11) is 0. The third kappa shape index (κ3) is 4.48. The average molecular weight is 338 g/mol. The van der Waals surface area contributed by atoms with Gasteiger partial charge in [-0.15, -0.1) is 6.58 Å². The maximum absolute atomic E-state index is 13.1. The molecule has 4 heteroatoms. The van der Waals surface area contributed by atoms with E-state index >= 15 is 0 Å². The zero-order chi connectivity index (χ0) is 17.5. The molecule has 0 aliphatic rings. The maximum atomic E-state index is 13.1. The average Bonchev–Trinajstić information content (AvgIpc) is 3.05. The molecule has 3 nitrogen and oxygen atoms in total. The van der Waals surface area contributed by atoms with Gasteiger partial charge in [0.25, 0.3) is 0 Å².